The van der Waals surface area contributed by atoms with E-state index in [2.05, 4.69) is 30.7 Å². The third kappa shape index (κ3) is 4.17. The highest BCUT2D eigenvalue weighted by Crippen LogP contribution is 2.33. The Kier molecular flexibility index (Phi) is 5.67. The smallest absolute Gasteiger partial charge is 0.0580 e. The van der Waals surface area contributed by atoms with Crippen LogP contribution in [-0.4, -0.2) is 60.3 Å². The minimum Gasteiger partial charge on any atom is -0.393 e. The van der Waals surface area contributed by atoms with Gasteiger partial charge in [0.1, 0.15) is 0 Å². The molecule has 4 atom stereocenters. The van der Waals surface area contributed by atoms with Crippen molar-refractivity contribution in [3.8, 4) is 0 Å². The van der Waals surface area contributed by atoms with Crippen LogP contribution in [0, 0.1) is 11.8 Å². The summed E-state index contributed by atoms with van der Waals surface area (Å²) in [6.07, 6.45) is 6.10. The van der Waals surface area contributed by atoms with Gasteiger partial charge in [-0.1, -0.05) is 19.8 Å². The van der Waals surface area contributed by atoms with E-state index in [-0.39, 0.29) is 6.10 Å². The van der Waals surface area contributed by atoms with Gasteiger partial charge in [0.05, 0.1) is 6.10 Å². The van der Waals surface area contributed by atoms with Crippen LogP contribution in [0.2, 0.25) is 0 Å². The maximum Gasteiger partial charge on any atom is 0.0580 e. The molecule has 0 radical (unpaired) electrons. The summed E-state index contributed by atoms with van der Waals surface area (Å²) in [4.78, 5) is 5.01. The first-order valence-electron chi connectivity index (χ1n) is 8.20. The van der Waals surface area contributed by atoms with Crippen LogP contribution in [0.3, 0.4) is 0 Å². The molecule has 19 heavy (non-hydrogen) atoms. The second-order valence-corrected chi connectivity index (χ2v) is 6.88. The molecule has 1 saturated carbocycles. The van der Waals surface area contributed by atoms with Crippen LogP contribution in [0.15, 0.2) is 0 Å². The van der Waals surface area contributed by atoms with Crippen LogP contribution in [0.25, 0.3) is 0 Å². The third-order valence-corrected chi connectivity index (χ3v) is 5.28. The molecule has 112 valence electrons. The summed E-state index contributed by atoms with van der Waals surface area (Å²) in [7, 11) is 2.22. The van der Waals surface area contributed by atoms with Gasteiger partial charge in [-0.3, -0.25) is 0 Å². The van der Waals surface area contributed by atoms with Gasteiger partial charge in [0.25, 0.3) is 0 Å². The van der Waals surface area contributed by atoms with Gasteiger partial charge < -0.3 is 14.9 Å². The lowest BCUT2D eigenvalue weighted by atomic mass is 9.77. The summed E-state index contributed by atoms with van der Waals surface area (Å²) < 4.78 is 0. The molecule has 0 spiro atoms. The Morgan fingerprint density at radius 2 is 2.00 bits per heavy atom. The highest BCUT2D eigenvalue weighted by Gasteiger charge is 2.31. The van der Waals surface area contributed by atoms with E-state index < -0.39 is 0 Å². The number of hydrogen-bond acceptors (Lipinski definition) is 3. The molecular formula is C16H32N2O. The molecule has 2 aliphatic rings. The van der Waals surface area contributed by atoms with Crippen LogP contribution in [-0.2, 0) is 0 Å². The fourth-order valence-corrected chi connectivity index (χ4v) is 3.83. The molecule has 2 fully saturated rings. The van der Waals surface area contributed by atoms with E-state index in [1.165, 1.54) is 38.8 Å². The van der Waals surface area contributed by atoms with Crippen molar-refractivity contribution in [2.75, 3.05) is 33.2 Å². The Hall–Kier alpha value is -0.120. The minimum absolute atomic E-state index is 0.0527. The summed E-state index contributed by atoms with van der Waals surface area (Å²) in [6.45, 7) is 9.20. The predicted molar refractivity (Wildman–Crippen MR) is 80.3 cm³/mol. The highest BCUT2D eigenvalue weighted by atomic mass is 16.3. The van der Waals surface area contributed by atoms with Crippen LogP contribution < -0.4 is 0 Å². The molecule has 0 aromatic carbocycles. The van der Waals surface area contributed by atoms with Crippen molar-refractivity contribution < 1.29 is 5.11 Å². The normalized spacial score (nSPS) is 38.5. The molecule has 4 unspecified atom stereocenters. The summed E-state index contributed by atoms with van der Waals surface area (Å²) in [5, 5.41) is 10.3. The number of piperazine rings is 1. The molecule has 1 aliphatic heterocycles. The molecule has 3 nitrogen and oxygen atoms in total. The SMILES string of the molecule is CCCC1CCC(O)C(CN2CCN(C)C(C)C2)C1. The number of rotatable bonds is 4. The molecule has 0 aromatic heterocycles. The lowest BCUT2D eigenvalue weighted by Gasteiger charge is -2.42. The van der Waals surface area contributed by atoms with Crippen molar-refractivity contribution in [3.63, 3.8) is 0 Å². The Labute approximate surface area is 119 Å². The van der Waals surface area contributed by atoms with Crippen LogP contribution >= 0.6 is 0 Å². The number of aliphatic hydroxyl groups excluding tert-OH is 1. The van der Waals surface area contributed by atoms with E-state index in [0.29, 0.717) is 12.0 Å². The largest absolute Gasteiger partial charge is 0.393 e. The van der Waals surface area contributed by atoms with Crippen molar-refractivity contribution in [2.24, 2.45) is 11.8 Å². The fraction of sp³-hybridized carbons (Fsp3) is 1.00. The van der Waals surface area contributed by atoms with E-state index in [9.17, 15) is 5.11 Å². The monoisotopic (exact) mass is 268 g/mol. The Bertz CT molecular complexity index is 271. The molecule has 2 rings (SSSR count). The third-order valence-electron chi connectivity index (χ3n) is 5.28. The van der Waals surface area contributed by atoms with Gasteiger partial charge in [0.15, 0.2) is 0 Å². The van der Waals surface area contributed by atoms with E-state index >= 15 is 0 Å². The molecule has 0 aromatic rings. The maximum atomic E-state index is 10.3. The summed E-state index contributed by atoms with van der Waals surface area (Å²) >= 11 is 0. The van der Waals surface area contributed by atoms with Crippen molar-refractivity contribution in [2.45, 2.75) is 58.1 Å². The van der Waals surface area contributed by atoms with Crippen molar-refractivity contribution in [3.05, 3.63) is 0 Å². The molecular weight excluding hydrogens is 236 g/mol. The van der Waals surface area contributed by atoms with Crippen LogP contribution in [0.5, 0.6) is 0 Å². The van der Waals surface area contributed by atoms with E-state index in [1.54, 1.807) is 0 Å². The van der Waals surface area contributed by atoms with Gasteiger partial charge in [-0.05, 0) is 45.1 Å². The van der Waals surface area contributed by atoms with E-state index in [1.807, 2.05) is 0 Å². The zero-order chi connectivity index (χ0) is 13.8. The molecule has 3 heteroatoms. The molecule has 0 bridgehead atoms. The quantitative estimate of drug-likeness (QED) is 0.847. The molecule has 1 N–H and O–H groups in total. The topological polar surface area (TPSA) is 26.7 Å². The number of aliphatic hydroxyl groups is 1. The standard InChI is InChI=1S/C16H32N2O/c1-4-5-14-6-7-16(19)15(10-14)12-18-9-8-17(3)13(2)11-18/h13-16,19H,4-12H2,1-3H3. The van der Waals surface area contributed by atoms with Gasteiger partial charge >= 0.3 is 0 Å². The fourth-order valence-electron chi connectivity index (χ4n) is 3.83. The zero-order valence-corrected chi connectivity index (χ0v) is 13.0. The van der Waals surface area contributed by atoms with Crippen LogP contribution in [0.1, 0.15) is 46.0 Å². The minimum atomic E-state index is -0.0527. The second kappa shape index (κ2) is 7.05. The summed E-state index contributed by atoms with van der Waals surface area (Å²) in [5.74, 6) is 1.38. The number of likely N-dealkylation sites (N-methyl/N-ethyl adjacent to an activating group) is 1. The Morgan fingerprint density at radius 3 is 2.68 bits per heavy atom. The average Bonchev–Trinajstić information content (AvgIpc) is 2.38. The highest BCUT2D eigenvalue weighted by molar-refractivity contribution is 4.85. The first-order valence-corrected chi connectivity index (χ1v) is 8.20. The van der Waals surface area contributed by atoms with Gasteiger partial charge in [0, 0.05) is 32.2 Å². The average molecular weight is 268 g/mol. The lowest BCUT2D eigenvalue weighted by Crippen LogP contribution is -2.52. The van der Waals surface area contributed by atoms with Gasteiger partial charge in [0.2, 0.25) is 0 Å². The maximum absolute atomic E-state index is 10.3. The Balaban J connectivity index is 1.83. The zero-order valence-electron chi connectivity index (χ0n) is 13.0. The lowest BCUT2D eigenvalue weighted by molar-refractivity contribution is 0.00992. The van der Waals surface area contributed by atoms with E-state index in [4.69, 9.17) is 0 Å². The first-order chi connectivity index (χ1) is 9.10. The Morgan fingerprint density at radius 1 is 1.21 bits per heavy atom. The number of hydrogen-bond donors (Lipinski definition) is 1. The van der Waals surface area contributed by atoms with E-state index in [0.717, 1.165) is 25.4 Å². The van der Waals surface area contributed by atoms with Gasteiger partial charge in [-0.2, -0.15) is 0 Å². The van der Waals surface area contributed by atoms with Gasteiger partial charge in [-0.15, -0.1) is 0 Å². The van der Waals surface area contributed by atoms with Crippen molar-refractivity contribution >= 4 is 0 Å². The first kappa shape index (κ1) is 15.3. The summed E-state index contributed by atoms with van der Waals surface area (Å²) in [6, 6.07) is 0.654. The van der Waals surface area contributed by atoms with Crippen molar-refractivity contribution in [1.82, 2.24) is 9.80 Å². The van der Waals surface area contributed by atoms with Crippen molar-refractivity contribution in [1.29, 1.82) is 0 Å². The molecule has 1 aliphatic carbocycles. The summed E-state index contributed by atoms with van der Waals surface area (Å²) in [5.41, 5.74) is 0. The van der Waals surface area contributed by atoms with Crippen LogP contribution in [0.4, 0.5) is 0 Å². The molecule has 1 saturated heterocycles. The number of nitrogens with zero attached hydrogens (tertiary/aromatic N) is 2. The predicted octanol–water partition coefficient (Wildman–Crippen LogP) is 2.20. The second-order valence-electron chi connectivity index (χ2n) is 6.88. The molecule has 1 heterocycles. The molecule has 0 amide bonds. The van der Waals surface area contributed by atoms with Gasteiger partial charge in [-0.25, -0.2) is 0 Å².